The third-order valence-corrected chi connectivity index (χ3v) is 2.44. The van der Waals surface area contributed by atoms with Crippen molar-refractivity contribution in [3.63, 3.8) is 0 Å². The summed E-state index contributed by atoms with van der Waals surface area (Å²) in [6.07, 6.45) is 4.40. The second-order valence-electron chi connectivity index (χ2n) is 2.93. The first-order valence-electron chi connectivity index (χ1n) is 4.62. The van der Waals surface area contributed by atoms with Crippen LogP contribution in [0, 0.1) is 0 Å². The molecule has 0 aliphatic carbocycles. The summed E-state index contributed by atoms with van der Waals surface area (Å²) < 4.78 is 1.50. The van der Waals surface area contributed by atoms with Gasteiger partial charge in [-0.05, 0) is 18.4 Å². The van der Waals surface area contributed by atoms with E-state index in [0.717, 1.165) is 12.2 Å². The molecule has 0 aliphatic rings. The highest BCUT2D eigenvalue weighted by atomic mass is 32.2. The zero-order valence-electron chi connectivity index (χ0n) is 8.86. The molecule has 0 atom stereocenters. The van der Waals surface area contributed by atoms with E-state index in [0.29, 0.717) is 12.5 Å². The molecule has 15 heavy (non-hydrogen) atoms. The number of rotatable bonds is 5. The van der Waals surface area contributed by atoms with Gasteiger partial charge in [-0.15, -0.1) is 0 Å². The van der Waals surface area contributed by atoms with Crippen LogP contribution in [0.25, 0.3) is 0 Å². The molecule has 1 heterocycles. The molecule has 2 N–H and O–H groups in total. The molecular formula is C8H15N5OS. The average molecular weight is 229 g/mol. The standard InChI is InChI=1S/C8H15N5OS/c1-13-7(10-6-11-13)12-8(14)9-4-3-5-15-2/h6H,3-5H2,1-2H3,(H2,9,10,11,12,14). The van der Waals surface area contributed by atoms with Crippen molar-refractivity contribution in [3.8, 4) is 0 Å². The lowest BCUT2D eigenvalue weighted by molar-refractivity contribution is 0.252. The van der Waals surface area contributed by atoms with Crippen molar-refractivity contribution >= 4 is 23.7 Å². The first kappa shape index (κ1) is 11.8. The fraction of sp³-hybridized carbons (Fsp3) is 0.625. The Morgan fingerprint density at radius 1 is 1.67 bits per heavy atom. The average Bonchev–Trinajstić information content (AvgIpc) is 2.59. The normalized spacial score (nSPS) is 10.0. The van der Waals surface area contributed by atoms with Crippen LogP contribution in [0.4, 0.5) is 10.7 Å². The van der Waals surface area contributed by atoms with Crippen LogP contribution < -0.4 is 10.6 Å². The topological polar surface area (TPSA) is 71.8 Å². The van der Waals surface area contributed by atoms with Crippen molar-refractivity contribution in [2.75, 3.05) is 23.9 Å². The second-order valence-corrected chi connectivity index (χ2v) is 3.92. The molecule has 0 unspecified atom stereocenters. The lowest BCUT2D eigenvalue weighted by Gasteiger charge is -2.05. The van der Waals surface area contributed by atoms with Gasteiger partial charge < -0.3 is 5.32 Å². The molecule has 84 valence electrons. The summed E-state index contributed by atoms with van der Waals surface area (Å²) in [5.41, 5.74) is 0. The van der Waals surface area contributed by atoms with Crippen LogP contribution in [-0.2, 0) is 7.05 Å². The smallest absolute Gasteiger partial charge is 0.321 e. The van der Waals surface area contributed by atoms with Crippen molar-refractivity contribution in [2.24, 2.45) is 7.05 Å². The van der Waals surface area contributed by atoms with E-state index >= 15 is 0 Å². The first-order chi connectivity index (χ1) is 7.24. The summed E-state index contributed by atoms with van der Waals surface area (Å²) >= 11 is 1.76. The number of urea groups is 1. The van der Waals surface area contributed by atoms with Gasteiger partial charge in [-0.2, -0.15) is 21.8 Å². The Morgan fingerprint density at radius 3 is 3.07 bits per heavy atom. The van der Waals surface area contributed by atoms with E-state index in [2.05, 4.69) is 20.7 Å². The Morgan fingerprint density at radius 2 is 2.47 bits per heavy atom. The molecule has 1 aromatic rings. The summed E-state index contributed by atoms with van der Waals surface area (Å²) in [7, 11) is 1.72. The number of anilines is 1. The van der Waals surface area contributed by atoms with Gasteiger partial charge >= 0.3 is 6.03 Å². The van der Waals surface area contributed by atoms with Gasteiger partial charge in [-0.1, -0.05) is 0 Å². The predicted molar refractivity (Wildman–Crippen MR) is 61.0 cm³/mol. The highest BCUT2D eigenvalue weighted by molar-refractivity contribution is 7.98. The minimum Gasteiger partial charge on any atom is -0.338 e. The van der Waals surface area contributed by atoms with Gasteiger partial charge in [0.05, 0.1) is 0 Å². The Hall–Kier alpha value is -1.24. The van der Waals surface area contributed by atoms with E-state index in [1.165, 1.54) is 11.0 Å². The summed E-state index contributed by atoms with van der Waals surface area (Å²) in [6.45, 7) is 0.671. The maximum absolute atomic E-state index is 11.3. The Labute approximate surface area is 92.8 Å². The number of carbonyl (C=O) groups is 1. The SMILES string of the molecule is CSCCCNC(=O)Nc1ncnn1C. The molecule has 0 aliphatic heterocycles. The molecule has 7 heteroatoms. The quantitative estimate of drug-likeness (QED) is 0.729. The Kier molecular flexibility index (Phi) is 4.96. The molecule has 0 radical (unpaired) electrons. The van der Waals surface area contributed by atoms with Crippen LogP contribution in [0.5, 0.6) is 0 Å². The van der Waals surface area contributed by atoms with E-state index in [-0.39, 0.29) is 6.03 Å². The number of nitrogens with one attached hydrogen (secondary N) is 2. The van der Waals surface area contributed by atoms with Crippen LogP contribution in [0.15, 0.2) is 6.33 Å². The van der Waals surface area contributed by atoms with Crippen molar-refractivity contribution in [1.82, 2.24) is 20.1 Å². The minimum absolute atomic E-state index is 0.243. The predicted octanol–water partition coefficient (Wildman–Crippen LogP) is 0.690. The largest absolute Gasteiger partial charge is 0.338 e. The van der Waals surface area contributed by atoms with E-state index in [1.807, 2.05) is 6.26 Å². The molecule has 1 aromatic heterocycles. The van der Waals surface area contributed by atoms with Gasteiger partial charge in [0.2, 0.25) is 5.95 Å². The van der Waals surface area contributed by atoms with Crippen molar-refractivity contribution in [2.45, 2.75) is 6.42 Å². The number of aryl methyl sites for hydroxylation is 1. The molecule has 2 amide bonds. The fourth-order valence-corrected chi connectivity index (χ4v) is 1.41. The highest BCUT2D eigenvalue weighted by Gasteiger charge is 2.04. The van der Waals surface area contributed by atoms with Crippen LogP contribution in [-0.4, -0.2) is 39.3 Å². The molecule has 0 spiro atoms. The molecule has 0 bridgehead atoms. The van der Waals surface area contributed by atoms with Crippen molar-refractivity contribution in [1.29, 1.82) is 0 Å². The molecule has 0 aromatic carbocycles. The lowest BCUT2D eigenvalue weighted by atomic mass is 10.5. The van der Waals surface area contributed by atoms with Gasteiger partial charge in [-0.25, -0.2) is 9.48 Å². The lowest BCUT2D eigenvalue weighted by Crippen LogP contribution is -2.30. The van der Waals surface area contributed by atoms with Gasteiger partial charge in [0, 0.05) is 13.6 Å². The maximum Gasteiger partial charge on any atom is 0.321 e. The number of hydrogen-bond donors (Lipinski definition) is 2. The second kappa shape index (κ2) is 6.28. The van der Waals surface area contributed by atoms with Crippen LogP contribution in [0.1, 0.15) is 6.42 Å². The number of carbonyl (C=O) groups excluding carboxylic acids is 1. The summed E-state index contributed by atoms with van der Waals surface area (Å²) in [6, 6.07) is -0.243. The third-order valence-electron chi connectivity index (χ3n) is 1.75. The Balaban J connectivity index is 2.22. The molecule has 1 rings (SSSR count). The molecule has 0 fully saturated rings. The van der Waals surface area contributed by atoms with Gasteiger partial charge in [0.1, 0.15) is 6.33 Å². The van der Waals surface area contributed by atoms with E-state index in [4.69, 9.17) is 0 Å². The molecule has 0 saturated heterocycles. The molecule has 6 nitrogen and oxygen atoms in total. The van der Waals surface area contributed by atoms with Gasteiger partial charge in [0.25, 0.3) is 0 Å². The fourth-order valence-electron chi connectivity index (χ4n) is 0.974. The summed E-state index contributed by atoms with van der Waals surface area (Å²) in [4.78, 5) is 15.2. The van der Waals surface area contributed by atoms with Crippen molar-refractivity contribution in [3.05, 3.63) is 6.33 Å². The van der Waals surface area contributed by atoms with E-state index in [1.54, 1.807) is 18.8 Å². The third kappa shape index (κ3) is 4.20. The summed E-state index contributed by atoms with van der Waals surface area (Å²) in [5.74, 6) is 1.49. The number of hydrogen-bond acceptors (Lipinski definition) is 4. The number of amides is 2. The number of thioether (sulfide) groups is 1. The van der Waals surface area contributed by atoms with E-state index < -0.39 is 0 Å². The van der Waals surface area contributed by atoms with Crippen LogP contribution in [0.2, 0.25) is 0 Å². The van der Waals surface area contributed by atoms with Crippen LogP contribution >= 0.6 is 11.8 Å². The van der Waals surface area contributed by atoms with Crippen molar-refractivity contribution < 1.29 is 4.79 Å². The number of nitrogens with zero attached hydrogens (tertiary/aromatic N) is 3. The van der Waals surface area contributed by atoms with Gasteiger partial charge in [0.15, 0.2) is 0 Å². The monoisotopic (exact) mass is 229 g/mol. The van der Waals surface area contributed by atoms with Gasteiger partial charge in [-0.3, -0.25) is 5.32 Å². The minimum atomic E-state index is -0.243. The van der Waals surface area contributed by atoms with Crippen LogP contribution in [0.3, 0.4) is 0 Å². The first-order valence-corrected chi connectivity index (χ1v) is 6.01. The molecular weight excluding hydrogens is 214 g/mol. The zero-order valence-corrected chi connectivity index (χ0v) is 9.67. The number of aromatic nitrogens is 3. The Bertz CT molecular complexity index is 314. The highest BCUT2D eigenvalue weighted by Crippen LogP contribution is 1.97. The maximum atomic E-state index is 11.3. The zero-order chi connectivity index (χ0) is 11.1. The van der Waals surface area contributed by atoms with E-state index in [9.17, 15) is 4.79 Å². The molecule has 0 saturated carbocycles. The summed E-state index contributed by atoms with van der Waals surface area (Å²) in [5, 5.41) is 9.18.